The van der Waals surface area contributed by atoms with Gasteiger partial charge in [-0.25, -0.2) is 4.68 Å². The molecule has 0 spiro atoms. The number of furan rings is 1. The van der Waals surface area contributed by atoms with Crippen LogP contribution in [0.5, 0.6) is 0 Å². The Morgan fingerprint density at radius 3 is 2.60 bits per heavy atom. The molecular formula is C23H30ClN5O. The predicted molar refractivity (Wildman–Crippen MR) is 121 cm³/mol. The topological polar surface area (TPSA) is 49.5 Å². The second kappa shape index (κ2) is 9.35. The molecule has 2 aromatic heterocycles. The van der Waals surface area contributed by atoms with Crippen LogP contribution in [0.4, 0.5) is 0 Å². The van der Waals surface area contributed by atoms with Gasteiger partial charge in [-0.05, 0) is 37.6 Å². The summed E-state index contributed by atoms with van der Waals surface area (Å²) in [7, 11) is 0. The Morgan fingerprint density at radius 1 is 1.07 bits per heavy atom. The molecule has 0 bridgehead atoms. The summed E-state index contributed by atoms with van der Waals surface area (Å²) < 4.78 is 7.91. The number of aromatic nitrogens is 2. The fourth-order valence-corrected chi connectivity index (χ4v) is 4.55. The molecule has 0 amide bonds. The zero-order chi connectivity index (χ0) is 19.6. The van der Waals surface area contributed by atoms with Crippen molar-refractivity contribution in [1.29, 1.82) is 0 Å². The van der Waals surface area contributed by atoms with E-state index in [9.17, 15) is 0 Å². The molecule has 0 saturated carbocycles. The maximum atomic E-state index is 5.93. The number of halogens is 1. The van der Waals surface area contributed by atoms with Gasteiger partial charge in [-0.1, -0.05) is 18.2 Å². The minimum absolute atomic E-state index is 0. The maximum Gasteiger partial charge on any atom is 0.154 e. The van der Waals surface area contributed by atoms with Crippen molar-refractivity contribution >= 4 is 12.4 Å². The molecule has 4 heterocycles. The molecule has 1 atom stereocenters. The second-order valence-electron chi connectivity index (χ2n) is 8.16. The van der Waals surface area contributed by atoms with Crippen LogP contribution in [0.15, 0.2) is 53.1 Å². The molecule has 30 heavy (non-hydrogen) atoms. The molecule has 0 radical (unpaired) electrons. The van der Waals surface area contributed by atoms with E-state index in [2.05, 4.69) is 33.4 Å². The number of hydrogen-bond donors (Lipinski definition) is 1. The number of rotatable bonds is 5. The van der Waals surface area contributed by atoms with Crippen molar-refractivity contribution < 1.29 is 4.42 Å². The summed E-state index contributed by atoms with van der Waals surface area (Å²) in [6.45, 7) is 9.72. The molecule has 160 valence electrons. The first-order valence-electron chi connectivity index (χ1n) is 10.6. The molecule has 1 unspecified atom stereocenters. The molecule has 2 saturated heterocycles. The largest absolute Gasteiger partial charge is 0.460 e. The fraction of sp³-hybridized carbons (Fsp3) is 0.435. The van der Waals surface area contributed by atoms with Crippen LogP contribution in [0, 0.1) is 6.92 Å². The predicted octanol–water partition coefficient (Wildman–Crippen LogP) is 3.34. The van der Waals surface area contributed by atoms with Crippen molar-refractivity contribution in [3.63, 3.8) is 0 Å². The lowest BCUT2D eigenvalue weighted by Gasteiger charge is -2.32. The van der Waals surface area contributed by atoms with E-state index in [4.69, 9.17) is 9.52 Å². The highest BCUT2D eigenvalue weighted by atomic mass is 35.5. The summed E-state index contributed by atoms with van der Waals surface area (Å²) in [6.07, 6.45) is 3.42. The number of likely N-dealkylation sites (tertiary alicyclic amines) is 1. The Hall–Kier alpha value is -2.12. The number of hydrogen-bond acceptors (Lipinski definition) is 5. The summed E-state index contributed by atoms with van der Waals surface area (Å²) in [5.41, 5.74) is 3.25. The van der Waals surface area contributed by atoms with Crippen LogP contribution in [0.2, 0.25) is 0 Å². The van der Waals surface area contributed by atoms with Crippen LogP contribution in [-0.2, 0) is 6.54 Å². The third kappa shape index (κ3) is 4.47. The lowest BCUT2D eigenvalue weighted by molar-refractivity contribution is 0.170. The van der Waals surface area contributed by atoms with Gasteiger partial charge in [0, 0.05) is 63.6 Å². The van der Waals surface area contributed by atoms with Crippen LogP contribution in [0.25, 0.3) is 17.1 Å². The van der Waals surface area contributed by atoms with Crippen molar-refractivity contribution in [3.8, 4) is 17.1 Å². The number of aryl methyl sites for hydroxylation is 1. The van der Waals surface area contributed by atoms with Crippen LogP contribution in [0.3, 0.4) is 0 Å². The Bertz CT molecular complexity index is 948. The minimum atomic E-state index is 0. The van der Waals surface area contributed by atoms with E-state index >= 15 is 0 Å². The van der Waals surface area contributed by atoms with Crippen molar-refractivity contribution in [3.05, 3.63) is 60.0 Å². The molecule has 2 aliphatic rings. The lowest BCUT2D eigenvalue weighted by atomic mass is 10.2. The summed E-state index contributed by atoms with van der Waals surface area (Å²) in [6, 6.07) is 15.0. The first-order valence-corrected chi connectivity index (χ1v) is 10.6. The standard InChI is InChI=1S/C23H29N5O.ClH/c1-18-7-8-22(29-18)23-19(16-28(25-23)20-5-3-2-4-6-20)15-26-12-9-21(17-26)27-13-10-24-11-14-27;/h2-8,16,21,24H,9-15,17H2,1H3;1H. The average molecular weight is 428 g/mol. The van der Waals surface area contributed by atoms with Crippen molar-refractivity contribution in [2.45, 2.75) is 25.9 Å². The third-order valence-electron chi connectivity index (χ3n) is 6.09. The SMILES string of the molecule is Cc1ccc(-c2nn(-c3ccccc3)cc2CN2CCC(N3CCNCC3)C2)o1.Cl. The fourth-order valence-electron chi connectivity index (χ4n) is 4.55. The monoisotopic (exact) mass is 427 g/mol. The van der Waals surface area contributed by atoms with Gasteiger partial charge in [-0.3, -0.25) is 9.80 Å². The number of para-hydroxylation sites is 1. The van der Waals surface area contributed by atoms with E-state index in [1.54, 1.807) is 0 Å². The van der Waals surface area contributed by atoms with Gasteiger partial charge in [0.1, 0.15) is 11.5 Å². The van der Waals surface area contributed by atoms with Crippen LogP contribution < -0.4 is 5.32 Å². The van der Waals surface area contributed by atoms with E-state index in [-0.39, 0.29) is 12.4 Å². The number of nitrogens with zero attached hydrogens (tertiary/aromatic N) is 4. The summed E-state index contributed by atoms with van der Waals surface area (Å²) in [5, 5.41) is 8.35. The molecule has 3 aromatic rings. The molecule has 1 N–H and O–H groups in total. The molecule has 7 heteroatoms. The molecule has 1 aromatic carbocycles. The van der Waals surface area contributed by atoms with E-state index in [0.717, 1.165) is 55.6 Å². The van der Waals surface area contributed by atoms with Gasteiger partial charge in [-0.15, -0.1) is 12.4 Å². The van der Waals surface area contributed by atoms with Gasteiger partial charge in [0.2, 0.25) is 0 Å². The molecule has 2 aliphatic heterocycles. The van der Waals surface area contributed by atoms with E-state index < -0.39 is 0 Å². The zero-order valence-electron chi connectivity index (χ0n) is 17.5. The quantitative estimate of drug-likeness (QED) is 0.676. The van der Waals surface area contributed by atoms with Gasteiger partial charge in [0.05, 0.1) is 5.69 Å². The highest BCUT2D eigenvalue weighted by Crippen LogP contribution is 2.28. The number of nitrogens with one attached hydrogen (secondary N) is 1. The van der Waals surface area contributed by atoms with E-state index in [0.29, 0.717) is 6.04 Å². The molecule has 6 nitrogen and oxygen atoms in total. The van der Waals surface area contributed by atoms with Gasteiger partial charge < -0.3 is 9.73 Å². The molecular weight excluding hydrogens is 398 g/mol. The van der Waals surface area contributed by atoms with Crippen LogP contribution >= 0.6 is 12.4 Å². The number of piperazine rings is 1. The second-order valence-corrected chi connectivity index (χ2v) is 8.16. The summed E-state index contributed by atoms with van der Waals surface area (Å²) >= 11 is 0. The van der Waals surface area contributed by atoms with Crippen LogP contribution in [0.1, 0.15) is 17.7 Å². The maximum absolute atomic E-state index is 5.93. The Balaban J connectivity index is 0.00000218. The van der Waals surface area contributed by atoms with Crippen molar-refractivity contribution in [2.75, 3.05) is 39.3 Å². The van der Waals surface area contributed by atoms with Gasteiger partial charge in [-0.2, -0.15) is 5.10 Å². The summed E-state index contributed by atoms with van der Waals surface area (Å²) in [5.74, 6) is 1.77. The van der Waals surface area contributed by atoms with Crippen molar-refractivity contribution in [1.82, 2.24) is 24.9 Å². The van der Waals surface area contributed by atoms with Crippen molar-refractivity contribution in [2.24, 2.45) is 0 Å². The molecule has 2 fully saturated rings. The van der Waals surface area contributed by atoms with Gasteiger partial charge in [0.25, 0.3) is 0 Å². The number of benzene rings is 1. The molecule has 0 aliphatic carbocycles. The Labute approximate surface area is 184 Å². The Kier molecular flexibility index (Phi) is 6.58. The first kappa shape index (κ1) is 21.1. The lowest BCUT2D eigenvalue weighted by Crippen LogP contribution is -2.49. The van der Waals surface area contributed by atoms with Crippen LogP contribution in [-0.4, -0.2) is 64.9 Å². The molecule has 5 rings (SSSR count). The highest BCUT2D eigenvalue weighted by molar-refractivity contribution is 5.85. The third-order valence-corrected chi connectivity index (χ3v) is 6.09. The smallest absolute Gasteiger partial charge is 0.154 e. The zero-order valence-corrected chi connectivity index (χ0v) is 18.3. The minimum Gasteiger partial charge on any atom is -0.460 e. The normalized spacial score (nSPS) is 20.4. The van der Waals surface area contributed by atoms with E-state index in [1.165, 1.54) is 25.1 Å². The Morgan fingerprint density at radius 2 is 1.87 bits per heavy atom. The highest BCUT2D eigenvalue weighted by Gasteiger charge is 2.29. The first-order chi connectivity index (χ1) is 14.3. The average Bonchev–Trinajstić information content (AvgIpc) is 3.50. The van der Waals surface area contributed by atoms with E-state index in [1.807, 2.05) is 41.9 Å². The van der Waals surface area contributed by atoms with Gasteiger partial charge >= 0.3 is 0 Å². The summed E-state index contributed by atoms with van der Waals surface area (Å²) in [4.78, 5) is 5.22. The van der Waals surface area contributed by atoms with Gasteiger partial charge in [0.15, 0.2) is 5.76 Å².